The van der Waals surface area contributed by atoms with Crippen LogP contribution in [0.3, 0.4) is 0 Å². The van der Waals surface area contributed by atoms with E-state index in [9.17, 15) is 9.59 Å². The summed E-state index contributed by atoms with van der Waals surface area (Å²) >= 11 is 1.28. The van der Waals surface area contributed by atoms with E-state index in [-0.39, 0.29) is 23.8 Å². The molecule has 2 heterocycles. The summed E-state index contributed by atoms with van der Waals surface area (Å²) in [6, 6.07) is 8.09. The predicted molar refractivity (Wildman–Crippen MR) is 148 cm³/mol. The number of amides is 1. The van der Waals surface area contributed by atoms with Crippen molar-refractivity contribution in [3.63, 3.8) is 0 Å². The average molecular weight is 522 g/mol. The summed E-state index contributed by atoms with van der Waals surface area (Å²) in [5, 5.41) is 3.88. The fourth-order valence-corrected chi connectivity index (χ4v) is 6.99. The molecule has 3 aromatic rings. The van der Waals surface area contributed by atoms with Gasteiger partial charge >= 0.3 is 0 Å². The maximum absolute atomic E-state index is 14.0. The highest BCUT2D eigenvalue weighted by molar-refractivity contribution is 7.21. The quantitative estimate of drug-likeness (QED) is 0.379. The van der Waals surface area contributed by atoms with Crippen molar-refractivity contribution in [3.05, 3.63) is 57.5 Å². The molecule has 196 valence electrons. The molecule has 2 aliphatic rings. The maximum Gasteiger partial charge on any atom is 0.262 e. The van der Waals surface area contributed by atoms with Crippen molar-refractivity contribution in [2.75, 3.05) is 25.9 Å². The van der Waals surface area contributed by atoms with E-state index in [1.165, 1.54) is 11.3 Å². The summed E-state index contributed by atoms with van der Waals surface area (Å²) in [5.74, 6) is 0.135. The van der Waals surface area contributed by atoms with E-state index in [0.717, 1.165) is 36.2 Å². The number of benzene rings is 2. The van der Waals surface area contributed by atoms with Gasteiger partial charge in [-0.2, -0.15) is 0 Å². The van der Waals surface area contributed by atoms with Crippen LogP contribution in [0.5, 0.6) is 5.75 Å². The lowest BCUT2D eigenvalue weighted by molar-refractivity contribution is -0.124. The number of carbonyl (C=O) groups excluding carboxylic acids is 2. The van der Waals surface area contributed by atoms with Crippen LogP contribution in [0.2, 0.25) is 0 Å². The number of nitrogens with zero attached hydrogens (tertiary/aromatic N) is 1. The minimum absolute atomic E-state index is 0.0190. The molecule has 0 spiro atoms. The predicted octanol–water partition coefficient (Wildman–Crippen LogP) is 3.19. The summed E-state index contributed by atoms with van der Waals surface area (Å²) < 4.78 is 6.56. The van der Waals surface area contributed by atoms with Crippen LogP contribution in [0, 0.1) is 6.92 Å². The summed E-state index contributed by atoms with van der Waals surface area (Å²) in [6.45, 7) is 7.63. The number of likely N-dealkylation sites (N-methyl/N-ethyl adjacent to an activating group) is 1. The number of aryl methyl sites for hydroxylation is 1. The minimum Gasteiger partial charge on any atom is -0.491 e. The molecule has 1 aliphatic carbocycles. The second-order valence-corrected chi connectivity index (χ2v) is 11.6. The molecule has 0 bridgehead atoms. The molecule has 3 atom stereocenters. The molecular formula is C28H35N5O3S. The van der Waals surface area contributed by atoms with Crippen LogP contribution in [0.15, 0.2) is 30.3 Å². The van der Waals surface area contributed by atoms with Crippen LogP contribution in [-0.2, 0) is 10.3 Å². The monoisotopic (exact) mass is 521 g/mol. The number of likely N-dealkylation sites (tertiary alicyclic amines) is 1. The van der Waals surface area contributed by atoms with Crippen LogP contribution in [0.1, 0.15) is 64.7 Å². The molecule has 3 unspecified atom stereocenters. The molecule has 1 saturated heterocycles. The van der Waals surface area contributed by atoms with E-state index in [0.29, 0.717) is 38.4 Å². The molecule has 0 radical (unpaired) electrons. The van der Waals surface area contributed by atoms with Gasteiger partial charge in [-0.3, -0.25) is 9.59 Å². The lowest BCUT2D eigenvalue weighted by Crippen LogP contribution is -2.53. The Morgan fingerprint density at radius 3 is 2.65 bits per heavy atom. The standard InChI is InChI=1S/C28H35N5O3S/c1-14(2)36-17-7-8-18(15(3)12-17)28(31)19-9-10-20(29)24-21(19)22(23(30)26(28)34)25(37-24)27(35)32-16-6-5-11-33(4)13-16/h7-10,12,14,16,23H,5-6,11,13,29-31H2,1-4H3,(H,32,35). The van der Waals surface area contributed by atoms with Gasteiger partial charge in [0.05, 0.1) is 21.7 Å². The lowest BCUT2D eigenvalue weighted by atomic mass is 9.69. The Bertz CT molecular complexity index is 1400. The van der Waals surface area contributed by atoms with Gasteiger partial charge in [0.1, 0.15) is 11.3 Å². The molecular weight excluding hydrogens is 486 g/mol. The first-order valence-electron chi connectivity index (χ1n) is 12.7. The summed E-state index contributed by atoms with van der Waals surface area (Å²) in [5.41, 5.74) is 21.7. The number of ether oxygens (including phenoxy) is 1. The van der Waals surface area contributed by atoms with Crippen LogP contribution >= 0.6 is 11.3 Å². The van der Waals surface area contributed by atoms with E-state index in [1.807, 2.05) is 46.0 Å². The molecule has 1 aliphatic heterocycles. The Morgan fingerprint density at radius 1 is 1.24 bits per heavy atom. The Hall–Kier alpha value is -2.98. The second-order valence-electron chi connectivity index (χ2n) is 10.6. The molecule has 1 amide bonds. The van der Waals surface area contributed by atoms with Crippen molar-refractivity contribution in [2.45, 2.75) is 57.3 Å². The number of nitrogen functional groups attached to an aromatic ring is 1. The number of hydrogen-bond donors (Lipinski definition) is 4. The highest BCUT2D eigenvalue weighted by atomic mass is 32.1. The van der Waals surface area contributed by atoms with Gasteiger partial charge in [-0.05, 0) is 82.1 Å². The number of ketones is 1. The Balaban J connectivity index is 1.64. The Kier molecular flexibility index (Phi) is 6.52. The van der Waals surface area contributed by atoms with Gasteiger partial charge in [0.2, 0.25) is 0 Å². The van der Waals surface area contributed by atoms with Gasteiger partial charge in [0.15, 0.2) is 5.78 Å². The molecule has 2 aromatic carbocycles. The number of Topliss-reactive ketones (excluding diaryl/α,β-unsaturated/α-hetero) is 1. The number of rotatable bonds is 5. The molecule has 9 heteroatoms. The van der Waals surface area contributed by atoms with Gasteiger partial charge in [0, 0.05) is 29.2 Å². The summed E-state index contributed by atoms with van der Waals surface area (Å²) in [7, 11) is 2.05. The Morgan fingerprint density at radius 2 is 1.97 bits per heavy atom. The van der Waals surface area contributed by atoms with Crippen LogP contribution in [0.25, 0.3) is 10.1 Å². The smallest absolute Gasteiger partial charge is 0.262 e. The van der Waals surface area contributed by atoms with Crippen LogP contribution < -0.4 is 27.3 Å². The zero-order valence-electron chi connectivity index (χ0n) is 21.8. The molecule has 7 N–H and O–H groups in total. The van der Waals surface area contributed by atoms with Gasteiger partial charge in [-0.1, -0.05) is 12.1 Å². The molecule has 1 fully saturated rings. The zero-order valence-corrected chi connectivity index (χ0v) is 22.6. The fourth-order valence-electron chi connectivity index (χ4n) is 5.79. The van der Waals surface area contributed by atoms with E-state index in [2.05, 4.69) is 10.2 Å². The Labute approximate surface area is 221 Å². The second kappa shape index (κ2) is 9.40. The van der Waals surface area contributed by atoms with E-state index >= 15 is 0 Å². The highest BCUT2D eigenvalue weighted by Crippen LogP contribution is 2.50. The van der Waals surface area contributed by atoms with Crippen molar-refractivity contribution in [3.8, 4) is 5.75 Å². The lowest BCUT2D eigenvalue weighted by Gasteiger charge is -2.37. The number of hydrogen-bond acceptors (Lipinski definition) is 8. The molecule has 37 heavy (non-hydrogen) atoms. The third kappa shape index (κ3) is 4.20. The number of carbonyl (C=O) groups is 2. The van der Waals surface area contributed by atoms with Crippen molar-refractivity contribution in [2.24, 2.45) is 11.5 Å². The first kappa shape index (κ1) is 25.7. The number of nitrogens with two attached hydrogens (primary N) is 3. The number of thiophene rings is 1. The topological polar surface area (TPSA) is 137 Å². The first-order valence-corrected chi connectivity index (χ1v) is 13.5. The van der Waals surface area contributed by atoms with Crippen molar-refractivity contribution in [1.29, 1.82) is 0 Å². The maximum atomic E-state index is 14.0. The van der Waals surface area contributed by atoms with E-state index in [4.69, 9.17) is 21.9 Å². The van der Waals surface area contributed by atoms with Crippen molar-refractivity contribution < 1.29 is 14.3 Å². The third-order valence-corrected chi connectivity index (χ3v) is 8.73. The molecule has 0 saturated carbocycles. The van der Waals surface area contributed by atoms with Gasteiger partial charge in [-0.15, -0.1) is 11.3 Å². The average Bonchev–Trinajstić information content (AvgIpc) is 3.24. The normalized spacial score (nSPS) is 24.0. The first-order chi connectivity index (χ1) is 17.5. The van der Waals surface area contributed by atoms with E-state index in [1.54, 1.807) is 12.1 Å². The fraction of sp³-hybridized carbons (Fsp3) is 0.429. The SMILES string of the molecule is Cc1cc(OC(C)C)ccc1C1(N)C(=O)C(N)c2c(C(=O)NC3CCCN(C)C3)sc3c(N)ccc1c23. The highest BCUT2D eigenvalue weighted by Gasteiger charge is 2.49. The third-order valence-electron chi connectivity index (χ3n) is 7.47. The van der Waals surface area contributed by atoms with Crippen LogP contribution in [0.4, 0.5) is 5.69 Å². The zero-order chi connectivity index (χ0) is 26.6. The molecule has 8 nitrogen and oxygen atoms in total. The van der Waals surface area contributed by atoms with Crippen LogP contribution in [-0.4, -0.2) is 48.9 Å². The number of piperidine rings is 1. The van der Waals surface area contributed by atoms with Gasteiger partial charge in [-0.25, -0.2) is 0 Å². The summed E-state index contributed by atoms with van der Waals surface area (Å²) in [4.78, 5) is 30.2. The summed E-state index contributed by atoms with van der Waals surface area (Å²) in [6.07, 6.45) is 1.95. The largest absolute Gasteiger partial charge is 0.491 e. The van der Waals surface area contributed by atoms with Gasteiger partial charge in [0.25, 0.3) is 5.91 Å². The van der Waals surface area contributed by atoms with Crippen molar-refractivity contribution >= 4 is 38.8 Å². The molecule has 5 rings (SSSR count). The van der Waals surface area contributed by atoms with Crippen molar-refractivity contribution in [1.82, 2.24) is 10.2 Å². The minimum atomic E-state index is -1.49. The number of anilines is 1. The number of nitrogens with one attached hydrogen (secondary N) is 1. The van der Waals surface area contributed by atoms with E-state index < -0.39 is 11.6 Å². The molecule has 1 aromatic heterocycles. The van der Waals surface area contributed by atoms with Gasteiger partial charge < -0.3 is 32.2 Å².